The summed E-state index contributed by atoms with van der Waals surface area (Å²) in [5.41, 5.74) is 2.22. The highest BCUT2D eigenvalue weighted by Crippen LogP contribution is 2.22. The van der Waals surface area contributed by atoms with Crippen LogP contribution in [0.4, 0.5) is 0 Å². The first-order valence-corrected chi connectivity index (χ1v) is 11.7. The maximum absolute atomic E-state index is 11.6. The van der Waals surface area contributed by atoms with Gasteiger partial charge in [0.1, 0.15) is 5.75 Å². The first-order valence-electron chi connectivity index (χ1n) is 9.78. The Morgan fingerprint density at radius 3 is 2.35 bits per heavy atom. The zero-order chi connectivity index (χ0) is 22.1. The lowest BCUT2D eigenvalue weighted by molar-refractivity contribution is 0.297. The summed E-state index contributed by atoms with van der Waals surface area (Å²) in [7, 11) is 4.34. The summed E-state index contributed by atoms with van der Waals surface area (Å²) >= 11 is 0. The van der Waals surface area contributed by atoms with Gasteiger partial charge in [-0.15, -0.1) is 24.0 Å². The number of methoxy groups -OCH3 is 1. The second-order valence-corrected chi connectivity index (χ2v) is 9.32. The van der Waals surface area contributed by atoms with E-state index in [0.29, 0.717) is 18.0 Å². The predicted molar refractivity (Wildman–Crippen MR) is 137 cm³/mol. The normalized spacial score (nSPS) is 12.8. The van der Waals surface area contributed by atoms with E-state index in [0.717, 1.165) is 29.3 Å². The van der Waals surface area contributed by atoms with Crippen molar-refractivity contribution in [2.75, 3.05) is 47.6 Å². The number of aliphatic imine (C=N–C) groups is 1. The van der Waals surface area contributed by atoms with Gasteiger partial charge in [-0.05, 0) is 55.9 Å². The van der Waals surface area contributed by atoms with Crippen LogP contribution in [0, 0.1) is 0 Å². The molecule has 1 atom stereocenters. The van der Waals surface area contributed by atoms with Crippen molar-refractivity contribution < 1.29 is 13.2 Å². The molecule has 0 saturated carbocycles. The number of likely N-dealkylation sites (N-methyl/N-ethyl adjacent to an activating group) is 1. The Kier molecular flexibility index (Phi) is 11.3. The van der Waals surface area contributed by atoms with Crippen molar-refractivity contribution in [1.82, 2.24) is 15.5 Å². The van der Waals surface area contributed by atoms with Crippen LogP contribution >= 0.6 is 24.0 Å². The summed E-state index contributed by atoms with van der Waals surface area (Å²) in [6, 6.07) is 15.2. The van der Waals surface area contributed by atoms with E-state index in [9.17, 15) is 8.42 Å². The smallest absolute Gasteiger partial charge is 0.191 e. The molecule has 0 aliphatic carbocycles. The van der Waals surface area contributed by atoms with Crippen LogP contribution < -0.4 is 15.4 Å². The summed E-state index contributed by atoms with van der Waals surface area (Å²) < 4.78 is 28.4. The lowest BCUT2D eigenvalue weighted by atomic mass is 10.1. The lowest BCUT2D eigenvalue weighted by Crippen LogP contribution is -2.42. The van der Waals surface area contributed by atoms with Crippen LogP contribution in [0.3, 0.4) is 0 Å². The topological polar surface area (TPSA) is 83.0 Å². The molecule has 0 heterocycles. The first kappa shape index (κ1) is 27.2. The summed E-state index contributed by atoms with van der Waals surface area (Å²) in [5, 5.41) is 6.69. The van der Waals surface area contributed by atoms with Crippen LogP contribution in [0.1, 0.15) is 17.2 Å². The van der Waals surface area contributed by atoms with Crippen LogP contribution in [0.5, 0.6) is 5.75 Å². The fourth-order valence-corrected chi connectivity index (χ4v) is 3.72. The molecule has 0 aromatic heterocycles. The zero-order valence-electron chi connectivity index (χ0n) is 18.8. The molecular formula is C22H33IN4O3S. The minimum Gasteiger partial charge on any atom is -0.497 e. The molecule has 0 amide bonds. The molecule has 31 heavy (non-hydrogen) atoms. The van der Waals surface area contributed by atoms with Crippen molar-refractivity contribution in [3.63, 3.8) is 0 Å². The molecule has 2 N–H and O–H groups in total. The van der Waals surface area contributed by atoms with E-state index in [2.05, 4.69) is 26.6 Å². The Hall–Kier alpha value is -1.85. The van der Waals surface area contributed by atoms with E-state index in [1.165, 1.54) is 6.26 Å². The van der Waals surface area contributed by atoms with Crippen molar-refractivity contribution in [2.45, 2.75) is 17.4 Å². The monoisotopic (exact) mass is 560 g/mol. The molecule has 0 bridgehead atoms. The van der Waals surface area contributed by atoms with Crippen LogP contribution in [0.15, 0.2) is 58.4 Å². The quantitative estimate of drug-likeness (QED) is 0.279. The number of rotatable bonds is 9. The molecule has 0 radical (unpaired) electrons. The number of ether oxygens (including phenoxy) is 1. The van der Waals surface area contributed by atoms with E-state index >= 15 is 0 Å². The Morgan fingerprint density at radius 2 is 1.81 bits per heavy atom. The van der Waals surface area contributed by atoms with Crippen molar-refractivity contribution in [1.29, 1.82) is 0 Å². The SMILES string of the molecule is CN=C(NCCc1ccc(S(C)(=O)=O)cc1)NCC(c1cccc(OC)c1)N(C)C.I. The van der Waals surface area contributed by atoms with Gasteiger partial charge in [0.15, 0.2) is 15.8 Å². The van der Waals surface area contributed by atoms with Crippen LogP contribution in [-0.2, 0) is 16.3 Å². The maximum Gasteiger partial charge on any atom is 0.191 e. The van der Waals surface area contributed by atoms with Crippen molar-refractivity contribution in [3.8, 4) is 5.75 Å². The largest absolute Gasteiger partial charge is 0.497 e. The molecule has 1 unspecified atom stereocenters. The minimum atomic E-state index is -3.16. The Labute approximate surface area is 203 Å². The van der Waals surface area contributed by atoms with Gasteiger partial charge in [-0.25, -0.2) is 8.42 Å². The Balaban J connectivity index is 0.00000480. The second-order valence-electron chi connectivity index (χ2n) is 7.30. The molecule has 9 heteroatoms. The Bertz CT molecular complexity index is 947. The van der Waals surface area contributed by atoms with Gasteiger partial charge in [0, 0.05) is 26.4 Å². The summed E-state index contributed by atoms with van der Waals surface area (Å²) in [5.74, 6) is 1.56. The molecule has 0 aliphatic heterocycles. The standard InChI is InChI=1S/C22H32N4O3S.HI/c1-23-22(24-14-13-17-9-11-20(12-10-17)30(5,27)28)25-16-21(26(2)3)18-7-6-8-19(15-18)29-4;/h6-12,15,21H,13-14,16H2,1-5H3,(H2,23,24,25);1H. The number of guanidine groups is 1. The third-order valence-electron chi connectivity index (χ3n) is 4.85. The van der Waals surface area contributed by atoms with E-state index in [-0.39, 0.29) is 30.0 Å². The van der Waals surface area contributed by atoms with Gasteiger partial charge in [-0.1, -0.05) is 24.3 Å². The van der Waals surface area contributed by atoms with Crippen LogP contribution in [0.25, 0.3) is 0 Å². The minimum absolute atomic E-state index is 0. The highest BCUT2D eigenvalue weighted by atomic mass is 127. The highest BCUT2D eigenvalue weighted by molar-refractivity contribution is 14.0. The van der Waals surface area contributed by atoms with Gasteiger partial charge in [-0.2, -0.15) is 0 Å². The fraction of sp³-hybridized carbons (Fsp3) is 0.409. The summed E-state index contributed by atoms with van der Waals surface area (Å²) in [6.45, 7) is 1.37. The van der Waals surface area contributed by atoms with Gasteiger partial charge in [-0.3, -0.25) is 4.99 Å². The molecule has 0 spiro atoms. The molecule has 0 fully saturated rings. The van der Waals surface area contributed by atoms with Crippen molar-refractivity contribution >= 4 is 39.8 Å². The second kappa shape index (κ2) is 12.9. The molecule has 7 nitrogen and oxygen atoms in total. The lowest BCUT2D eigenvalue weighted by Gasteiger charge is -2.26. The first-order chi connectivity index (χ1) is 14.2. The third-order valence-corrected chi connectivity index (χ3v) is 5.97. The number of nitrogens with one attached hydrogen (secondary N) is 2. The number of sulfone groups is 1. The molecule has 0 aliphatic rings. The van der Waals surface area contributed by atoms with Gasteiger partial charge in [0.05, 0.1) is 18.0 Å². The molecule has 2 aromatic rings. The van der Waals surface area contributed by atoms with Crippen molar-refractivity contribution in [2.24, 2.45) is 4.99 Å². The average molecular weight is 561 g/mol. The number of nitrogens with zero attached hydrogens (tertiary/aromatic N) is 2. The molecular weight excluding hydrogens is 527 g/mol. The summed E-state index contributed by atoms with van der Waals surface area (Å²) in [4.78, 5) is 6.78. The van der Waals surface area contributed by atoms with E-state index in [1.807, 2.05) is 44.4 Å². The van der Waals surface area contributed by atoms with Gasteiger partial charge in [0.25, 0.3) is 0 Å². The van der Waals surface area contributed by atoms with E-state index < -0.39 is 9.84 Å². The predicted octanol–water partition coefficient (Wildman–Crippen LogP) is 2.73. The Morgan fingerprint density at radius 1 is 1.13 bits per heavy atom. The maximum atomic E-state index is 11.6. The average Bonchev–Trinajstić information content (AvgIpc) is 2.72. The van der Waals surface area contributed by atoms with E-state index in [1.54, 1.807) is 26.3 Å². The molecule has 2 rings (SSSR count). The highest BCUT2D eigenvalue weighted by Gasteiger charge is 2.15. The van der Waals surface area contributed by atoms with Gasteiger partial charge >= 0.3 is 0 Å². The van der Waals surface area contributed by atoms with Gasteiger partial charge in [0.2, 0.25) is 0 Å². The fourth-order valence-electron chi connectivity index (χ4n) is 3.09. The number of halogens is 1. The van der Waals surface area contributed by atoms with Crippen LogP contribution in [-0.4, -0.2) is 66.9 Å². The molecule has 172 valence electrons. The zero-order valence-corrected chi connectivity index (χ0v) is 21.9. The number of hydrogen-bond donors (Lipinski definition) is 2. The van der Waals surface area contributed by atoms with Crippen LogP contribution in [0.2, 0.25) is 0 Å². The van der Waals surface area contributed by atoms with Crippen molar-refractivity contribution in [3.05, 3.63) is 59.7 Å². The molecule has 0 saturated heterocycles. The number of hydrogen-bond acceptors (Lipinski definition) is 5. The summed E-state index contributed by atoms with van der Waals surface area (Å²) in [6.07, 6.45) is 1.98. The third kappa shape index (κ3) is 8.66. The molecule has 2 aromatic carbocycles. The number of benzene rings is 2. The van der Waals surface area contributed by atoms with Gasteiger partial charge < -0.3 is 20.3 Å². The van der Waals surface area contributed by atoms with E-state index in [4.69, 9.17) is 4.74 Å².